The maximum absolute atomic E-state index is 3.64. The molecule has 0 saturated heterocycles. The first-order valence-corrected chi connectivity index (χ1v) is 7.25. The summed E-state index contributed by atoms with van der Waals surface area (Å²) < 4.78 is 0. The Kier molecular flexibility index (Phi) is 4.48. The van der Waals surface area contributed by atoms with Gasteiger partial charge in [-0.25, -0.2) is 0 Å². The number of fused-ring (bicyclic) bond motifs is 1. The summed E-state index contributed by atoms with van der Waals surface area (Å²) in [6, 6.07) is 9.36. The first kappa shape index (κ1) is 12.9. The zero-order chi connectivity index (χ0) is 12.3. The standard InChI is InChI=1S/C14H22N2S/c1-11(9-16(2)3)15-8-12-10-17-14-7-5-4-6-13(12)14/h4-7,11-12,15H,8-10H2,1-3H3. The quantitative estimate of drug-likeness (QED) is 0.864. The van der Waals surface area contributed by atoms with E-state index in [4.69, 9.17) is 0 Å². The van der Waals surface area contributed by atoms with Crippen LogP contribution in [0.25, 0.3) is 0 Å². The van der Waals surface area contributed by atoms with E-state index in [-0.39, 0.29) is 0 Å². The third kappa shape index (κ3) is 3.47. The van der Waals surface area contributed by atoms with E-state index in [9.17, 15) is 0 Å². The number of hydrogen-bond donors (Lipinski definition) is 1. The molecule has 3 heteroatoms. The van der Waals surface area contributed by atoms with Crippen molar-refractivity contribution in [2.75, 3.05) is 32.9 Å². The minimum Gasteiger partial charge on any atom is -0.312 e. The lowest BCUT2D eigenvalue weighted by atomic mass is 10.0. The number of hydrogen-bond acceptors (Lipinski definition) is 3. The lowest BCUT2D eigenvalue weighted by molar-refractivity contribution is 0.347. The molecular formula is C14H22N2S. The van der Waals surface area contributed by atoms with Crippen molar-refractivity contribution < 1.29 is 0 Å². The fourth-order valence-corrected chi connectivity index (χ4v) is 3.61. The van der Waals surface area contributed by atoms with Gasteiger partial charge in [-0.1, -0.05) is 18.2 Å². The van der Waals surface area contributed by atoms with E-state index in [1.807, 2.05) is 11.8 Å². The Hall–Kier alpha value is -0.510. The molecule has 0 aliphatic carbocycles. The average Bonchev–Trinajstić information content (AvgIpc) is 2.69. The van der Waals surface area contributed by atoms with Crippen molar-refractivity contribution in [2.45, 2.75) is 23.8 Å². The summed E-state index contributed by atoms with van der Waals surface area (Å²) in [4.78, 5) is 3.70. The van der Waals surface area contributed by atoms with Crippen molar-refractivity contribution >= 4 is 11.8 Å². The molecular weight excluding hydrogens is 228 g/mol. The normalized spacial score (nSPS) is 20.6. The highest BCUT2D eigenvalue weighted by Crippen LogP contribution is 2.38. The summed E-state index contributed by atoms with van der Waals surface area (Å²) in [6.07, 6.45) is 0. The molecule has 1 aliphatic rings. The minimum absolute atomic E-state index is 0.558. The zero-order valence-electron chi connectivity index (χ0n) is 10.9. The molecule has 2 atom stereocenters. The molecule has 1 heterocycles. The van der Waals surface area contributed by atoms with Gasteiger partial charge in [0.25, 0.3) is 0 Å². The van der Waals surface area contributed by atoms with Crippen molar-refractivity contribution in [1.82, 2.24) is 10.2 Å². The second-order valence-corrected chi connectivity index (χ2v) is 6.18. The van der Waals surface area contributed by atoms with E-state index in [0.29, 0.717) is 12.0 Å². The highest BCUT2D eigenvalue weighted by molar-refractivity contribution is 7.99. The van der Waals surface area contributed by atoms with Crippen molar-refractivity contribution in [3.8, 4) is 0 Å². The second kappa shape index (κ2) is 5.89. The maximum Gasteiger partial charge on any atom is 0.0166 e. The molecule has 0 saturated carbocycles. The summed E-state index contributed by atoms with van der Waals surface area (Å²) in [7, 11) is 4.25. The van der Waals surface area contributed by atoms with Crippen molar-refractivity contribution in [3.05, 3.63) is 29.8 Å². The molecule has 0 radical (unpaired) electrons. The highest BCUT2D eigenvalue weighted by Gasteiger charge is 2.22. The molecule has 0 bridgehead atoms. The monoisotopic (exact) mass is 250 g/mol. The number of nitrogens with zero attached hydrogens (tertiary/aromatic N) is 1. The SMILES string of the molecule is CC(CN(C)C)NCC1CSc2ccccc21. The summed E-state index contributed by atoms with van der Waals surface area (Å²) in [6.45, 7) is 4.45. The highest BCUT2D eigenvalue weighted by atomic mass is 32.2. The van der Waals surface area contributed by atoms with Gasteiger partial charge in [0.05, 0.1) is 0 Å². The minimum atomic E-state index is 0.558. The Morgan fingerprint density at radius 2 is 2.18 bits per heavy atom. The molecule has 0 amide bonds. The lowest BCUT2D eigenvalue weighted by Gasteiger charge is -2.20. The van der Waals surface area contributed by atoms with Gasteiger partial charge in [-0.15, -0.1) is 11.8 Å². The number of thioether (sulfide) groups is 1. The number of likely N-dealkylation sites (N-methyl/N-ethyl adjacent to an activating group) is 1. The van der Waals surface area contributed by atoms with Crippen LogP contribution in [0.2, 0.25) is 0 Å². The Morgan fingerprint density at radius 3 is 2.94 bits per heavy atom. The third-order valence-corrected chi connectivity index (χ3v) is 4.40. The van der Waals surface area contributed by atoms with E-state index in [1.54, 1.807) is 0 Å². The van der Waals surface area contributed by atoms with Gasteiger partial charge in [0.15, 0.2) is 0 Å². The van der Waals surface area contributed by atoms with Gasteiger partial charge in [0, 0.05) is 35.7 Å². The molecule has 2 unspecified atom stereocenters. The molecule has 94 valence electrons. The largest absolute Gasteiger partial charge is 0.312 e. The Bertz CT molecular complexity index is 365. The molecule has 1 aliphatic heterocycles. The topological polar surface area (TPSA) is 15.3 Å². The van der Waals surface area contributed by atoms with Crippen molar-refractivity contribution in [2.24, 2.45) is 0 Å². The Morgan fingerprint density at radius 1 is 1.41 bits per heavy atom. The van der Waals surface area contributed by atoms with Crippen LogP contribution >= 0.6 is 11.8 Å². The average molecular weight is 250 g/mol. The maximum atomic E-state index is 3.64. The predicted octanol–water partition coefficient (Wildman–Crippen LogP) is 2.42. The van der Waals surface area contributed by atoms with Gasteiger partial charge in [0.1, 0.15) is 0 Å². The van der Waals surface area contributed by atoms with Crippen LogP contribution in [0.5, 0.6) is 0 Å². The molecule has 1 aromatic carbocycles. The molecule has 17 heavy (non-hydrogen) atoms. The molecule has 1 N–H and O–H groups in total. The third-order valence-electron chi connectivity index (χ3n) is 3.15. The van der Waals surface area contributed by atoms with Crippen LogP contribution in [0.3, 0.4) is 0 Å². The number of nitrogens with one attached hydrogen (secondary N) is 1. The van der Waals surface area contributed by atoms with Gasteiger partial charge >= 0.3 is 0 Å². The lowest BCUT2D eigenvalue weighted by Crippen LogP contribution is -2.38. The van der Waals surface area contributed by atoms with Gasteiger partial charge in [-0.2, -0.15) is 0 Å². The van der Waals surface area contributed by atoms with Gasteiger partial charge < -0.3 is 10.2 Å². The smallest absolute Gasteiger partial charge is 0.0166 e. The van der Waals surface area contributed by atoms with Crippen LogP contribution < -0.4 is 5.32 Å². The number of rotatable bonds is 5. The van der Waals surface area contributed by atoms with Crippen LogP contribution in [0.4, 0.5) is 0 Å². The first-order valence-electron chi connectivity index (χ1n) is 6.26. The van der Waals surface area contributed by atoms with Crippen LogP contribution in [-0.4, -0.2) is 43.9 Å². The Labute approximate surface area is 109 Å². The summed E-state index contributed by atoms with van der Waals surface area (Å²) in [5.74, 6) is 1.90. The first-order chi connectivity index (χ1) is 8.16. The summed E-state index contributed by atoms with van der Waals surface area (Å²) in [5, 5.41) is 3.64. The Balaban J connectivity index is 1.85. The fraction of sp³-hybridized carbons (Fsp3) is 0.571. The molecule has 2 nitrogen and oxygen atoms in total. The molecule has 0 spiro atoms. The van der Waals surface area contributed by atoms with Gasteiger partial charge in [-0.05, 0) is 32.6 Å². The zero-order valence-corrected chi connectivity index (χ0v) is 11.8. The van der Waals surface area contributed by atoms with E-state index in [1.165, 1.54) is 16.2 Å². The molecule has 0 fully saturated rings. The van der Waals surface area contributed by atoms with E-state index in [0.717, 1.165) is 13.1 Å². The van der Waals surface area contributed by atoms with Crippen LogP contribution in [0, 0.1) is 0 Å². The fourth-order valence-electron chi connectivity index (χ4n) is 2.35. The van der Waals surface area contributed by atoms with E-state index in [2.05, 4.69) is 55.5 Å². The second-order valence-electron chi connectivity index (χ2n) is 5.12. The number of benzene rings is 1. The van der Waals surface area contributed by atoms with Crippen LogP contribution in [-0.2, 0) is 0 Å². The predicted molar refractivity (Wildman–Crippen MR) is 75.9 cm³/mol. The van der Waals surface area contributed by atoms with E-state index >= 15 is 0 Å². The van der Waals surface area contributed by atoms with Crippen molar-refractivity contribution in [3.63, 3.8) is 0 Å². The van der Waals surface area contributed by atoms with Crippen molar-refractivity contribution in [1.29, 1.82) is 0 Å². The van der Waals surface area contributed by atoms with Gasteiger partial charge in [-0.3, -0.25) is 0 Å². The van der Waals surface area contributed by atoms with Crippen LogP contribution in [0.1, 0.15) is 18.4 Å². The molecule has 2 rings (SSSR count). The molecule has 1 aromatic rings. The van der Waals surface area contributed by atoms with E-state index < -0.39 is 0 Å². The van der Waals surface area contributed by atoms with Gasteiger partial charge in [0.2, 0.25) is 0 Å². The summed E-state index contributed by atoms with van der Waals surface area (Å²) in [5.41, 5.74) is 1.53. The summed E-state index contributed by atoms with van der Waals surface area (Å²) >= 11 is 1.99. The molecule has 0 aromatic heterocycles. The van der Waals surface area contributed by atoms with Crippen LogP contribution in [0.15, 0.2) is 29.2 Å².